The van der Waals surface area contributed by atoms with Crippen LogP contribution in [0, 0.1) is 10.5 Å². The Balaban J connectivity index is 1.62. The van der Waals surface area contributed by atoms with E-state index in [-0.39, 0.29) is 5.91 Å². The standard InChI is InChI=1S/C22H23ClIN3O2S/c1-15-13-16(23)14-19-20(15)25-22(30-19)27(8-4-7-26-9-11-29-12-10-26)21(28)17-5-2-3-6-18(17)24/h2-3,5-6,13-14H,4,7-12H2,1H3. The number of amides is 1. The maximum Gasteiger partial charge on any atom is 0.261 e. The molecular weight excluding hydrogens is 533 g/mol. The van der Waals surface area contributed by atoms with Crippen molar-refractivity contribution in [2.24, 2.45) is 0 Å². The number of morpholine rings is 1. The monoisotopic (exact) mass is 555 g/mol. The normalized spacial score (nSPS) is 14.9. The molecule has 1 aromatic heterocycles. The van der Waals surface area contributed by atoms with Crippen molar-refractivity contribution in [3.8, 4) is 0 Å². The van der Waals surface area contributed by atoms with Gasteiger partial charge in [-0.15, -0.1) is 0 Å². The number of benzene rings is 2. The fourth-order valence-corrected chi connectivity index (χ4v) is 5.66. The molecule has 1 aliphatic heterocycles. The molecule has 30 heavy (non-hydrogen) atoms. The lowest BCUT2D eigenvalue weighted by molar-refractivity contribution is 0.0376. The molecular formula is C22H23ClIN3O2S. The first-order valence-electron chi connectivity index (χ1n) is 9.96. The number of fused-ring (bicyclic) bond motifs is 1. The van der Waals surface area contributed by atoms with Gasteiger partial charge in [0.25, 0.3) is 5.91 Å². The van der Waals surface area contributed by atoms with Gasteiger partial charge >= 0.3 is 0 Å². The fourth-order valence-electron chi connectivity index (χ4n) is 3.60. The van der Waals surface area contributed by atoms with Crippen LogP contribution in [0.15, 0.2) is 36.4 Å². The molecule has 8 heteroatoms. The number of aromatic nitrogens is 1. The van der Waals surface area contributed by atoms with Crippen LogP contribution in [0.2, 0.25) is 5.02 Å². The molecule has 0 unspecified atom stereocenters. The second kappa shape index (κ2) is 9.91. The van der Waals surface area contributed by atoms with E-state index >= 15 is 0 Å². The number of carbonyl (C=O) groups is 1. The van der Waals surface area contributed by atoms with Crippen LogP contribution >= 0.6 is 45.5 Å². The zero-order valence-electron chi connectivity index (χ0n) is 16.7. The quantitative estimate of drug-likeness (QED) is 0.391. The summed E-state index contributed by atoms with van der Waals surface area (Å²) < 4.78 is 7.38. The highest BCUT2D eigenvalue weighted by Crippen LogP contribution is 2.34. The fraction of sp³-hybridized carbons (Fsp3) is 0.364. The molecule has 0 saturated carbocycles. The van der Waals surface area contributed by atoms with Gasteiger partial charge in [0.1, 0.15) is 0 Å². The summed E-state index contributed by atoms with van der Waals surface area (Å²) in [7, 11) is 0. The van der Waals surface area contributed by atoms with E-state index in [4.69, 9.17) is 21.3 Å². The average molecular weight is 556 g/mol. The van der Waals surface area contributed by atoms with E-state index in [9.17, 15) is 4.79 Å². The van der Waals surface area contributed by atoms with Gasteiger partial charge in [-0.3, -0.25) is 14.6 Å². The zero-order chi connectivity index (χ0) is 21.1. The van der Waals surface area contributed by atoms with Crippen molar-refractivity contribution in [3.63, 3.8) is 0 Å². The minimum atomic E-state index is -0.00946. The van der Waals surface area contributed by atoms with Crippen molar-refractivity contribution in [2.45, 2.75) is 13.3 Å². The molecule has 0 bridgehead atoms. The predicted octanol–water partition coefficient (Wildman–Crippen LogP) is 5.23. The SMILES string of the molecule is Cc1cc(Cl)cc2sc(N(CCCN3CCOCC3)C(=O)c3ccccc3I)nc12. The molecule has 0 atom stereocenters. The van der Waals surface area contributed by atoms with Crippen molar-refractivity contribution >= 4 is 66.8 Å². The molecule has 2 aromatic carbocycles. The molecule has 5 nitrogen and oxygen atoms in total. The number of carbonyl (C=O) groups excluding carboxylic acids is 1. The second-order valence-electron chi connectivity index (χ2n) is 7.31. The zero-order valence-corrected chi connectivity index (χ0v) is 20.5. The second-order valence-corrected chi connectivity index (χ2v) is 9.92. The number of ether oxygens (including phenoxy) is 1. The highest BCUT2D eigenvalue weighted by molar-refractivity contribution is 14.1. The third kappa shape index (κ3) is 4.96. The van der Waals surface area contributed by atoms with Crippen LogP contribution in [0.1, 0.15) is 22.3 Å². The molecule has 158 valence electrons. The van der Waals surface area contributed by atoms with E-state index in [1.807, 2.05) is 48.2 Å². The van der Waals surface area contributed by atoms with Crippen LogP contribution in [-0.2, 0) is 4.74 Å². The first kappa shape index (κ1) is 22.0. The van der Waals surface area contributed by atoms with E-state index in [0.717, 1.165) is 63.8 Å². The summed E-state index contributed by atoms with van der Waals surface area (Å²) in [5.74, 6) is -0.00946. The Morgan fingerprint density at radius 1 is 1.30 bits per heavy atom. The number of rotatable bonds is 6. The van der Waals surface area contributed by atoms with E-state index in [0.29, 0.717) is 17.1 Å². The summed E-state index contributed by atoms with van der Waals surface area (Å²) in [5.41, 5.74) is 2.64. The van der Waals surface area contributed by atoms with Gasteiger partial charge in [0.15, 0.2) is 5.13 Å². The highest BCUT2D eigenvalue weighted by Gasteiger charge is 2.23. The van der Waals surface area contributed by atoms with Gasteiger partial charge in [0.2, 0.25) is 0 Å². The Morgan fingerprint density at radius 2 is 2.07 bits per heavy atom. The molecule has 4 rings (SSSR count). The van der Waals surface area contributed by atoms with Crippen molar-refractivity contribution in [3.05, 3.63) is 56.1 Å². The summed E-state index contributed by atoms with van der Waals surface area (Å²) in [4.78, 5) is 22.5. The number of halogens is 2. The van der Waals surface area contributed by atoms with E-state index in [1.165, 1.54) is 11.3 Å². The Morgan fingerprint density at radius 3 is 2.83 bits per heavy atom. The molecule has 0 N–H and O–H groups in total. The summed E-state index contributed by atoms with van der Waals surface area (Å²) in [6.07, 6.45) is 0.880. The number of hydrogen-bond donors (Lipinski definition) is 0. The molecule has 1 fully saturated rings. The number of hydrogen-bond acceptors (Lipinski definition) is 5. The van der Waals surface area contributed by atoms with Gasteiger partial charge in [-0.25, -0.2) is 4.98 Å². The molecule has 0 aliphatic carbocycles. The Labute approximate surface area is 199 Å². The predicted molar refractivity (Wildman–Crippen MR) is 132 cm³/mol. The van der Waals surface area contributed by atoms with E-state index in [1.54, 1.807) is 0 Å². The van der Waals surface area contributed by atoms with Crippen LogP contribution in [0.5, 0.6) is 0 Å². The Bertz CT molecular complexity index is 1050. The molecule has 2 heterocycles. The van der Waals surface area contributed by atoms with Crippen LogP contribution in [-0.4, -0.2) is 55.2 Å². The molecule has 0 radical (unpaired) electrons. The summed E-state index contributed by atoms with van der Waals surface area (Å²) in [6.45, 7) is 7.02. The minimum Gasteiger partial charge on any atom is -0.379 e. The maximum absolute atomic E-state index is 13.5. The van der Waals surface area contributed by atoms with Gasteiger partial charge in [0, 0.05) is 34.8 Å². The van der Waals surface area contributed by atoms with Crippen molar-refractivity contribution in [1.29, 1.82) is 0 Å². The molecule has 1 amide bonds. The smallest absolute Gasteiger partial charge is 0.261 e. The van der Waals surface area contributed by atoms with Crippen molar-refractivity contribution in [2.75, 3.05) is 44.3 Å². The van der Waals surface area contributed by atoms with Gasteiger partial charge < -0.3 is 4.74 Å². The first-order valence-corrected chi connectivity index (χ1v) is 12.2. The lowest BCUT2D eigenvalue weighted by Gasteiger charge is -2.27. The summed E-state index contributed by atoms with van der Waals surface area (Å²) in [6, 6.07) is 11.5. The largest absolute Gasteiger partial charge is 0.379 e. The van der Waals surface area contributed by atoms with Gasteiger partial charge in [-0.1, -0.05) is 35.1 Å². The third-order valence-corrected chi connectivity index (χ3v) is 7.36. The number of thiazole rings is 1. The van der Waals surface area contributed by atoms with Crippen LogP contribution in [0.3, 0.4) is 0 Å². The lowest BCUT2D eigenvalue weighted by Crippen LogP contribution is -2.39. The van der Waals surface area contributed by atoms with Crippen LogP contribution in [0.25, 0.3) is 10.2 Å². The van der Waals surface area contributed by atoms with E-state index < -0.39 is 0 Å². The molecule has 0 spiro atoms. The maximum atomic E-state index is 13.5. The van der Waals surface area contributed by atoms with Crippen LogP contribution < -0.4 is 4.90 Å². The first-order chi connectivity index (χ1) is 14.5. The summed E-state index contributed by atoms with van der Waals surface area (Å²) in [5, 5.41) is 1.42. The Hall–Kier alpha value is -1.26. The van der Waals surface area contributed by atoms with Crippen LogP contribution in [0.4, 0.5) is 5.13 Å². The Kier molecular flexibility index (Phi) is 7.25. The minimum absolute atomic E-state index is 0.00946. The molecule has 1 saturated heterocycles. The molecule has 3 aromatic rings. The lowest BCUT2D eigenvalue weighted by atomic mass is 10.2. The van der Waals surface area contributed by atoms with Crippen molar-refractivity contribution < 1.29 is 9.53 Å². The molecule has 1 aliphatic rings. The number of aryl methyl sites for hydroxylation is 1. The highest BCUT2D eigenvalue weighted by atomic mass is 127. The summed E-state index contributed by atoms with van der Waals surface area (Å²) >= 11 is 9.99. The van der Waals surface area contributed by atoms with Crippen molar-refractivity contribution in [1.82, 2.24) is 9.88 Å². The van der Waals surface area contributed by atoms with Gasteiger partial charge in [-0.2, -0.15) is 0 Å². The average Bonchev–Trinajstić information content (AvgIpc) is 3.16. The number of nitrogens with zero attached hydrogens (tertiary/aromatic N) is 3. The number of anilines is 1. The van der Waals surface area contributed by atoms with E-state index in [2.05, 4.69) is 27.5 Å². The van der Waals surface area contributed by atoms with Gasteiger partial charge in [-0.05, 0) is 65.8 Å². The topological polar surface area (TPSA) is 45.7 Å². The third-order valence-electron chi connectivity index (χ3n) is 5.18. The van der Waals surface area contributed by atoms with Gasteiger partial charge in [0.05, 0.1) is 29.0 Å².